The van der Waals surface area contributed by atoms with Gasteiger partial charge in [-0.25, -0.2) is 9.59 Å². The molecule has 0 aliphatic heterocycles. The van der Waals surface area contributed by atoms with Gasteiger partial charge in [0.2, 0.25) is 0 Å². The molecule has 0 fully saturated rings. The maximum atomic E-state index is 12.0. The van der Waals surface area contributed by atoms with E-state index in [0.29, 0.717) is 11.1 Å². The Morgan fingerprint density at radius 1 is 1.00 bits per heavy atom. The third-order valence-electron chi connectivity index (χ3n) is 2.82. The predicted octanol–water partition coefficient (Wildman–Crippen LogP) is 3.20. The summed E-state index contributed by atoms with van der Waals surface area (Å²) in [6.07, 6.45) is -0.613. The van der Waals surface area contributed by atoms with Gasteiger partial charge in [-0.05, 0) is 59.2 Å². The molecule has 1 rings (SSSR count). The summed E-state index contributed by atoms with van der Waals surface area (Å²) in [5.74, 6) is -0.422. The van der Waals surface area contributed by atoms with Crippen LogP contribution >= 0.6 is 0 Å². The average molecular weight is 337 g/mol. The van der Waals surface area contributed by atoms with Gasteiger partial charge in [-0.2, -0.15) is 0 Å². The van der Waals surface area contributed by atoms with Crippen LogP contribution in [0.15, 0.2) is 24.3 Å². The smallest absolute Gasteiger partial charge is 0.408 e. The van der Waals surface area contributed by atoms with Crippen LogP contribution < -0.4 is 5.32 Å². The summed E-state index contributed by atoms with van der Waals surface area (Å²) in [5.41, 5.74) is -0.120. The number of carbonyl (C=O) groups excluding carboxylic acids is 2. The molecule has 1 atom stereocenters. The second-order valence-corrected chi connectivity index (χ2v) is 7.51. The van der Waals surface area contributed by atoms with Crippen molar-refractivity contribution in [3.63, 3.8) is 0 Å². The van der Waals surface area contributed by atoms with E-state index < -0.39 is 29.3 Å². The number of esters is 1. The summed E-state index contributed by atoms with van der Waals surface area (Å²) in [6, 6.07) is 5.91. The summed E-state index contributed by atoms with van der Waals surface area (Å²) in [6.45, 7) is 10.4. The fraction of sp³-hybridized carbons (Fsp3) is 0.556. The lowest BCUT2D eigenvalue weighted by molar-refractivity contribution is 0.00690. The van der Waals surface area contributed by atoms with E-state index in [4.69, 9.17) is 9.47 Å². The Labute approximate surface area is 143 Å². The van der Waals surface area contributed by atoms with Crippen molar-refractivity contribution in [2.24, 2.45) is 0 Å². The zero-order valence-electron chi connectivity index (χ0n) is 15.2. The largest absolute Gasteiger partial charge is 0.456 e. The summed E-state index contributed by atoms with van der Waals surface area (Å²) in [5, 5.41) is 12.1. The van der Waals surface area contributed by atoms with Crippen LogP contribution in [-0.4, -0.2) is 35.0 Å². The third-order valence-corrected chi connectivity index (χ3v) is 2.82. The Kier molecular flexibility index (Phi) is 6.37. The van der Waals surface area contributed by atoms with Gasteiger partial charge in [0.15, 0.2) is 0 Å². The van der Waals surface area contributed by atoms with Crippen LogP contribution in [0.25, 0.3) is 0 Å². The summed E-state index contributed by atoms with van der Waals surface area (Å²) in [4.78, 5) is 23.8. The molecule has 1 amide bonds. The number of aliphatic hydroxyl groups is 1. The number of ether oxygens (including phenoxy) is 2. The lowest BCUT2D eigenvalue weighted by Crippen LogP contribution is -2.36. The van der Waals surface area contributed by atoms with E-state index in [2.05, 4.69) is 5.32 Å². The van der Waals surface area contributed by atoms with Crippen molar-refractivity contribution < 1.29 is 24.2 Å². The number of carbonyl (C=O) groups is 2. The zero-order chi connectivity index (χ0) is 18.5. The van der Waals surface area contributed by atoms with Crippen LogP contribution in [0.4, 0.5) is 4.79 Å². The molecule has 0 heterocycles. The lowest BCUT2D eigenvalue weighted by Gasteiger charge is -2.23. The first kappa shape index (κ1) is 20.0. The van der Waals surface area contributed by atoms with Crippen LogP contribution in [0.2, 0.25) is 0 Å². The molecule has 134 valence electrons. The van der Waals surface area contributed by atoms with Gasteiger partial charge in [0.05, 0.1) is 18.2 Å². The van der Waals surface area contributed by atoms with E-state index in [1.165, 1.54) is 0 Å². The second kappa shape index (κ2) is 7.66. The predicted molar refractivity (Wildman–Crippen MR) is 90.8 cm³/mol. The number of hydrogen-bond donors (Lipinski definition) is 2. The topological polar surface area (TPSA) is 84.9 Å². The zero-order valence-corrected chi connectivity index (χ0v) is 15.2. The summed E-state index contributed by atoms with van der Waals surface area (Å²) in [7, 11) is 0. The number of benzene rings is 1. The highest BCUT2D eigenvalue weighted by molar-refractivity contribution is 5.89. The molecule has 0 saturated heterocycles. The highest BCUT2D eigenvalue weighted by atomic mass is 16.6. The molecular weight excluding hydrogens is 310 g/mol. The number of aliphatic hydroxyl groups excluding tert-OH is 1. The first-order valence-corrected chi connectivity index (χ1v) is 7.85. The molecule has 1 unspecified atom stereocenters. The number of hydrogen-bond acceptors (Lipinski definition) is 5. The maximum Gasteiger partial charge on any atom is 0.408 e. The van der Waals surface area contributed by atoms with Gasteiger partial charge in [0.25, 0.3) is 0 Å². The molecule has 0 aliphatic carbocycles. The van der Waals surface area contributed by atoms with Gasteiger partial charge in [0, 0.05) is 0 Å². The minimum absolute atomic E-state index is 0.287. The van der Waals surface area contributed by atoms with Crippen molar-refractivity contribution in [1.29, 1.82) is 0 Å². The molecule has 6 nitrogen and oxygen atoms in total. The Bertz CT molecular complexity index is 567. The SMILES string of the molecule is CC(C)(C)OC(=O)NC(CO)c1ccc(C(=O)OC(C)(C)C)cc1. The fourth-order valence-electron chi connectivity index (χ4n) is 1.87. The highest BCUT2D eigenvalue weighted by Crippen LogP contribution is 2.17. The van der Waals surface area contributed by atoms with Gasteiger partial charge in [-0.15, -0.1) is 0 Å². The van der Waals surface area contributed by atoms with Gasteiger partial charge < -0.3 is 19.9 Å². The van der Waals surface area contributed by atoms with E-state index in [-0.39, 0.29) is 6.61 Å². The van der Waals surface area contributed by atoms with Crippen molar-refractivity contribution in [1.82, 2.24) is 5.32 Å². The van der Waals surface area contributed by atoms with E-state index in [1.54, 1.807) is 65.8 Å². The quantitative estimate of drug-likeness (QED) is 0.824. The molecule has 24 heavy (non-hydrogen) atoms. The van der Waals surface area contributed by atoms with Crippen LogP contribution in [0.3, 0.4) is 0 Å². The van der Waals surface area contributed by atoms with Crippen molar-refractivity contribution in [2.45, 2.75) is 58.8 Å². The molecule has 0 aromatic heterocycles. The van der Waals surface area contributed by atoms with Crippen LogP contribution in [0, 0.1) is 0 Å². The molecule has 0 spiro atoms. The first-order valence-electron chi connectivity index (χ1n) is 7.85. The van der Waals surface area contributed by atoms with Crippen molar-refractivity contribution in [3.8, 4) is 0 Å². The Morgan fingerprint density at radius 3 is 1.92 bits per heavy atom. The number of nitrogens with one attached hydrogen (secondary N) is 1. The number of amides is 1. The van der Waals surface area contributed by atoms with Gasteiger partial charge in [-0.1, -0.05) is 12.1 Å². The fourth-order valence-corrected chi connectivity index (χ4v) is 1.87. The molecule has 0 aliphatic rings. The molecule has 0 saturated carbocycles. The minimum Gasteiger partial charge on any atom is -0.456 e. The maximum absolute atomic E-state index is 12.0. The third kappa shape index (κ3) is 7.00. The van der Waals surface area contributed by atoms with Crippen LogP contribution in [-0.2, 0) is 9.47 Å². The average Bonchev–Trinajstić information content (AvgIpc) is 2.41. The first-order chi connectivity index (χ1) is 10.9. The molecule has 2 N–H and O–H groups in total. The van der Waals surface area contributed by atoms with E-state index in [1.807, 2.05) is 0 Å². The Morgan fingerprint density at radius 2 is 1.50 bits per heavy atom. The standard InChI is InChI=1S/C18H27NO5/c1-17(2,3)23-15(21)13-9-7-12(8-10-13)14(11-20)19-16(22)24-18(4,5)6/h7-10,14,20H,11H2,1-6H3,(H,19,22). The summed E-state index contributed by atoms with van der Waals surface area (Å²) >= 11 is 0. The van der Waals surface area contributed by atoms with Gasteiger partial charge in [-0.3, -0.25) is 0 Å². The van der Waals surface area contributed by atoms with Crippen molar-refractivity contribution in [3.05, 3.63) is 35.4 Å². The molecule has 1 aromatic carbocycles. The Balaban J connectivity index is 2.78. The van der Waals surface area contributed by atoms with Gasteiger partial charge >= 0.3 is 12.1 Å². The van der Waals surface area contributed by atoms with E-state index >= 15 is 0 Å². The molecular formula is C18H27NO5. The monoisotopic (exact) mass is 337 g/mol. The van der Waals surface area contributed by atoms with Gasteiger partial charge in [0.1, 0.15) is 11.2 Å². The Hall–Kier alpha value is -2.08. The summed E-state index contributed by atoms with van der Waals surface area (Å²) < 4.78 is 10.5. The van der Waals surface area contributed by atoms with Crippen molar-refractivity contribution >= 4 is 12.1 Å². The normalized spacial score (nSPS) is 13.1. The lowest BCUT2D eigenvalue weighted by atomic mass is 10.1. The molecule has 1 aromatic rings. The number of alkyl carbamates (subject to hydrolysis) is 1. The van der Waals surface area contributed by atoms with E-state index in [0.717, 1.165) is 0 Å². The number of rotatable bonds is 4. The minimum atomic E-state index is -0.620. The molecule has 0 radical (unpaired) electrons. The highest BCUT2D eigenvalue weighted by Gasteiger charge is 2.21. The molecule has 0 bridgehead atoms. The second-order valence-electron chi connectivity index (χ2n) is 7.51. The van der Waals surface area contributed by atoms with E-state index in [9.17, 15) is 14.7 Å². The van der Waals surface area contributed by atoms with Crippen molar-refractivity contribution in [2.75, 3.05) is 6.61 Å². The molecule has 6 heteroatoms. The van der Waals surface area contributed by atoms with Crippen LogP contribution in [0.1, 0.15) is 63.5 Å². The van der Waals surface area contributed by atoms with Crippen LogP contribution in [0.5, 0.6) is 0 Å².